The highest BCUT2D eigenvalue weighted by molar-refractivity contribution is 7.86. The van der Waals surface area contributed by atoms with Gasteiger partial charge < -0.3 is 4.43 Å². The minimum Gasteiger partial charge on any atom is -0.414 e. The standard InChI is InChI=1S/C22H33NO4SSi/c1-17-10-12-20(13-11-17)28(24,25)26-21(19-9-8-14-23-16-19)15-18(2)27-29(6,7)22(3,4)5/h8-14,16,18,21H,15H2,1-7H3/t18-,21?/m1/s1. The Morgan fingerprint density at radius 1 is 1.10 bits per heavy atom. The lowest BCUT2D eigenvalue weighted by atomic mass is 10.1. The Balaban J connectivity index is 2.25. The molecule has 0 bridgehead atoms. The molecule has 1 aromatic heterocycles. The van der Waals surface area contributed by atoms with Crippen LogP contribution in [-0.2, 0) is 18.7 Å². The number of hydrogen-bond acceptors (Lipinski definition) is 5. The van der Waals surface area contributed by atoms with Crippen molar-refractivity contribution < 1.29 is 17.0 Å². The van der Waals surface area contributed by atoms with E-state index in [9.17, 15) is 8.42 Å². The van der Waals surface area contributed by atoms with Crippen molar-refractivity contribution in [2.24, 2.45) is 0 Å². The highest BCUT2D eigenvalue weighted by Crippen LogP contribution is 2.38. The van der Waals surface area contributed by atoms with Crippen LogP contribution in [0.3, 0.4) is 0 Å². The summed E-state index contributed by atoms with van der Waals surface area (Å²) in [7, 11) is -5.90. The Morgan fingerprint density at radius 3 is 2.24 bits per heavy atom. The third-order valence-corrected chi connectivity index (χ3v) is 11.4. The van der Waals surface area contributed by atoms with Crippen LogP contribution in [0.5, 0.6) is 0 Å². The van der Waals surface area contributed by atoms with Crippen molar-refractivity contribution in [3.05, 3.63) is 59.9 Å². The van der Waals surface area contributed by atoms with Crippen LogP contribution in [0, 0.1) is 6.92 Å². The normalized spacial score (nSPS) is 15.1. The van der Waals surface area contributed by atoms with Gasteiger partial charge in [0.05, 0.1) is 4.90 Å². The lowest BCUT2D eigenvalue weighted by Gasteiger charge is -2.39. The summed E-state index contributed by atoms with van der Waals surface area (Å²) in [5.41, 5.74) is 1.71. The second-order valence-electron chi connectivity index (χ2n) is 9.06. The van der Waals surface area contributed by atoms with Crippen molar-refractivity contribution in [3.63, 3.8) is 0 Å². The van der Waals surface area contributed by atoms with Gasteiger partial charge in [-0.05, 0) is 50.2 Å². The predicted octanol–water partition coefficient (Wildman–Crippen LogP) is 5.64. The maximum absolute atomic E-state index is 12.9. The van der Waals surface area contributed by atoms with Gasteiger partial charge in [0.1, 0.15) is 6.10 Å². The molecule has 2 rings (SSSR count). The van der Waals surface area contributed by atoms with Gasteiger partial charge in [0.25, 0.3) is 10.1 Å². The highest BCUT2D eigenvalue weighted by Gasteiger charge is 2.39. The van der Waals surface area contributed by atoms with Crippen LogP contribution in [0.2, 0.25) is 18.1 Å². The molecule has 0 N–H and O–H groups in total. The van der Waals surface area contributed by atoms with E-state index in [0.29, 0.717) is 12.0 Å². The van der Waals surface area contributed by atoms with Gasteiger partial charge in [0, 0.05) is 30.5 Å². The number of pyridine rings is 1. The number of aromatic nitrogens is 1. The average molecular weight is 436 g/mol. The largest absolute Gasteiger partial charge is 0.414 e. The Labute approximate surface area is 176 Å². The molecule has 1 heterocycles. The molecule has 0 fully saturated rings. The molecule has 0 spiro atoms. The fourth-order valence-electron chi connectivity index (χ4n) is 2.74. The van der Waals surface area contributed by atoms with Gasteiger partial charge >= 0.3 is 0 Å². The van der Waals surface area contributed by atoms with Gasteiger partial charge in [-0.1, -0.05) is 44.5 Å². The van der Waals surface area contributed by atoms with Crippen molar-refractivity contribution >= 4 is 18.4 Å². The average Bonchev–Trinajstić information content (AvgIpc) is 2.60. The van der Waals surface area contributed by atoms with Crippen molar-refractivity contribution in [1.29, 1.82) is 0 Å². The number of hydrogen-bond donors (Lipinski definition) is 0. The van der Waals surface area contributed by atoms with E-state index >= 15 is 0 Å². The summed E-state index contributed by atoms with van der Waals surface area (Å²) in [5, 5.41) is 0.0693. The van der Waals surface area contributed by atoms with Crippen LogP contribution in [0.15, 0.2) is 53.7 Å². The zero-order valence-electron chi connectivity index (χ0n) is 18.5. The Hall–Kier alpha value is -1.54. The summed E-state index contributed by atoms with van der Waals surface area (Å²) in [5.74, 6) is 0. The van der Waals surface area contributed by atoms with E-state index in [1.807, 2.05) is 19.9 Å². The van der Waals surface area contributed by atoms with Crippen LogP contribution in [0.4, 0.5) is 0 Å². The predicted molar refractivity (Wildman–Crippen MR) is 119 cm³/mol. The van der Waals surface area contributed by atoms with Gasteiger partial charge in [0.2, 0.25) is 0 Å². The second kappa shape index (κ2) is 9.08. The molecule has 0 saturated carbocycles. The summed E-state index contributed by atoms with van der Waals surface area (Å²) >= 11 is 0. The maximum atomic E-state index is 12.9. The van der Waals surface area contributed by atoms with Gasteiger partial charge in [-0.2, -0.15) is 8.42 Å². The molecular formula is C22H33NO4SSi. The van der Waals surface area contributed by atoms with Crippen LogP contribution in [0.25, 0.3) is 0 Å². The minimum atomic E-state index is -3.91. The molecular weight excluding hydrogens is 402 g/mol. The highest BCUT2D eigenvalue weighted by atomic mass is 32.2. The van der Waals surface area contributed by atoms with E-state index in [0.717, 1.165) is 5.56 Å². The molecule has 1 unspecified atom stereocenters. The molecule has 5 nitrogen and oxygen atoms in total. The van der Waals surface area contributed by atoms with Gasteiger partial charge in [-0.15, -0.1) is 0 Å². The van der Waals surface area contributed by atoms with E-state index in [2.05, 4.69) is 38.8 Å². The molecule has 160 valence electrons. The zero-order chi connectivity index (χ0) is 21.9. The molecule has 2 atom stereocenters. The first-order valence-corrected chi connectivity index (χ1v) is 14.2. The fourth-order valence-corrected chi connectivity index (χ4v) is 5.27. The molecule has 0 aliphatic rings. The Morgan fingerprint density at radius 2 is 1.72 bits per heavy atom. The quantitative estimate of drug-likeness (QED) is 0.397. The third kappa shape index (κ3) is 6.47. The summed E-state index contributed by atoms with van der Waals surface area (Å²) in [6.45, 7) is 14.8. The molecule has 1 aromatic carbocycles. The summed E-state index contributed by atoms with van der Waals surface area (Å²) in [4.78, 5) is 4.28. The maximum Gasteiger partial charge on any atom is 0.297 e. The zero-order valence-corrected chi connectivity index (χ0v) is 20.3. The van der Waals surface area contributed by atoms with Crippen molar-refractivity contribution in [3.8, 4) is 0 Å². The monoisotopic (exact) mass is 435 g/mol. The second-order valence-corrected chi connectivity index (χ2v) is 15.4. The molecule has 0 aliphatic carbocycles. The smallest absolute Gasteiger partial charge is 0.297 e. The van der Waals surface area contributed by atoms with Gasteiger partial charge in [-0.25, -0.2) is 0 Å². The van der Waals surface area contributed by atoms with Crippen LogP contribution in [0.1, 0.15) is 51.3 Å². The lowest BCUT2D eigenvalue weighted by Crippen LogP contribution is -2.43. The molecule has 29 heavy (non-hydrogen) atoms. The third-order valence-electron chi connectivity index (χ3n) is 5.46. The molecule has 2 aromatic rings. The van der Waals surface area contributed by atoms with E-state index in [1.54, 1.807) is 42.7 Å². The van der Waals surface area contributed by atoms with Crippen LogP contribution >= 0.6 is 0 Å². The molecule has 0 aliphatic heterocycles. The summed E-state index contributed by atoms with van der Waals surface area (Å²) in [6.07, 6.45) is 2.89. The van der Waals surface area contributed by atoms with E-state index in [4.69, 9.17) is 8.61 Å². The summed E-state index contributed by atoms with van der Waals surface area (Å²) in [6, 6.07) is 10.3. The van der Waals surface area contributed by atoms with Crippen molar-refractivity contribution in [1.82, 2.24) is 4.98 Å². The molecule has 0 radical (unpaired) electrons. The topological polar surface area (TPSA) is 65.5 Å². The molecule has 7 heteroatoms. The summed E-state index contributed by atoms with van der Waals surface area (Å²) < 4.78 is 37.9. The Kier molecular flexibility index (Phi) is 7.43. The van der Waals surface area contributed by atoms with E-state index < -0.39 is 24.5 Å². The minimum absolute atomic E-state index is 0.0693. The van der Waals surface area contributed by atoms with Crippen LogP contribution in [-0.4, -0.2) is 27.8 Å². The first kappa shape index (κ1) is 23.7. The first-order valence-electron chi connectivity index (χ1n) is 9.89. The van der Waals surface area contributed by atoms with Gasteiger partial charge in [-0.3, -0.25) is 9.17 Å². The van der Waals surface area contributed by atoms with E-state index in [-0.39, 0.29) is 16.0 Å². The molecule has 0 amide bonds. The van der Waals surface area contributed by atoms with Crippen molar-refractivity contribution in [2.45, 2.75) is 76.3 Å². The number of benzene rings is 1. The number of rotatable bonds is 8. The molecule has 0 saturated heterocycles. The van der Waals surface area contributed by atoms with Crippen molar-refractivity contribution in [2.75, 3.05) is 0 Å². The fraction of sp³-hybridized carbons (Fsp3) is 0.500. The van der Waals surface area contributed by atoms with Crippen LogP contribution < -0.4 is 0 Å². The number of nitrogens with zero attached hydrogens (tertiary/aromatic N) is 1. The Bertz CT molecular complexity index is 891. The number of aryl methyl sites for hydroxylation is 1. The lowest BCUT2D eigenvalue weighted by molar-refractivity contribution is 0.115. The van der Waals surface area contributed by atoms with Gasteiger partial charge in [0.15, 0.2) is 8.32 Å². The van der Waals surface area contributed by atoms with E-state index in [1.165, 1.54) is 0 Å². The first-order chi connectivity index (χ1) is 13.3. The SMILES string of the molecule is Cc1ccc(S(=O)(=O)OC(C[C@@H](C)O[Si](C)(C)C(C)(C)C)c2cccnc2)cc1.